The van der Waals surface area contributed by atoms with Gasteiger partial charge in [-0.1, -0.05) is 41.5 Å². The van der Waals surface area contributed by atoms with Crippen LogP contribution in [0.4, 0.5) is 0 Å². The van der Waals surface area contributed by atoms with Gasteiger partial charge < -0.3 is 74.4 Å². The van der Waals surface area contributed by atoms with Gasteiger partial charge in [0.2, 0.25) is 53.2 Å². The molecular formula is C41H68N10O17. The maximum atomic E-state index is 13.8. The van der Waals surface area contributed by atoms with Gasteiger partial charge in [-0.05, 0) is 56.8 Å². The summed E-state index contributed by atoms with van der Waals surface area (Å²) in [5.41, 5.74) is 10.8. The van der Waals surface area contributed by atoms with E-state index in [2.05, 4.69) is 42.5 Å². The van der Waals surface area contributed by atoms with E-state index in [9.17, 15) is 82.8 Å². The standard InChI is InChI=1S/C41H68N10O17/c1-18(2)14-26(49-35(61)22(42)16-28(43)52)39(65)45-21(7)34(60)46-24(9-12-31(56)57)37(63)48-25(10-13-32(58)59)38(64)50-27(15-19(3)4)40(66)47-23(8-11-30(54)55)36(62)44-17-29(53)51-33(20(5)6)41(67)68/h18-27,33H,8-17,42H2,1-7H3,(H2,43,52)(H,44,62)(H,45,65)(H,46,60)(H,47,66)(H,48,63)(H,49,61)(H,50,64)(H,51,53)(H,54,55)(H,56,57)(H,58,59)(H,67,68)/t21-,22-,23-,24-,25-,26-,27-,33-/m0/s1. The first-order chi connectivity index (χ1) is 31.4. The zero-order valence-corrected chi connectivity index (χ0v) is 39.2. The summed E-state index contributed by atoms with van der Waals surface area (Å²) < 4.78 is 0. The molecule has 0 aromatic rings. The molecule has 384 valence electrons. The first-order valence-corrected chi connectivity index (χ1v) is 21.8. The van der Waals surface area contributed by atoms with Crippen LogP contribution in [0.3, 0.4) is 0 Å². The molecule has 0 aliphatic heterocycles. The molecule has 0 radical (unpaired) electrons. The molecule has 27 nitrogen and oxygen atoms in total. The van der Waals surface area contributed by atoms with E-state index in [1.165, 1.54) is 20.8 Å². The van der Waals surface area contributed by atoms with Gasteiger partial charge in [0.05, 0.1) is 19.0 Å². The van der Waals surface area contributed by atoms with Gasteiger partial charge in [0.15, 0.2) is 0 Å². The van der Waals surface area contributed by atoms with Crippen LogP contribution < -0.4 is 54.0 Å². The van der Waals surface area contributed by atoms with Crippen molar-refractivity contribution in [3.05, 3.63) is 0 Å². The molecule has 0 aliphatic rings. The smallest absolute Gasteiger partial charge is 0.326 e. The van der Waals surface area contributed by atoms with Crippen LogP contribution in [0.2, 0.25) is 0 Å². The normalized spacial score (nSPS) is 14.6. The zero-order chi connectivity index (χ0) is 52.6. The molecule has 27 heteroatoms. The highest BCUT2D eigenvalue weighted by Gasteiger charge is 2.34. The van der Waals surface area contributed by atoms with Crippen LogP contribution in [0.15, 0.2) is 0 Å². The number of primary amides is 1. The van der Waals surface area contributed by atoms with Crippen LogP contribution in [0.5, 0.6) is 0 Å². The van der Waals surface area contributed by atoms with E-state index in [4.69, 9.17) is 11.5 Å². The minimum atomic E-state index is -1.76. The number of aliphatic carboxylic acids is 4. The van der Waals surface area contributed by atoms with Crippen LogP contribution in [0.1, 0.15) is 106 Å². The molecule has 0 aromatic carbocycles. The predicted molar refractivity (Wildman–Crippen MR) is 236 cm³/mol. The fourth-order valence-corrected chi connectivity index (χ4v) is 6.13. The molecule has 8 atom stereocenters. The molecule has 0 fully saturated rings. The van der Waals surface area contributed by atoms with Crippen molar-refractivity contribution in [2.75, 3.05) is 6.54 Å². The number of carboxylic acid groups (broad SMARTS) is 4. The van der Waals surface area contributed by atoms with E-state index in [0.29, 0.717) is 0 Å². The second kappa shape index (κ2) is 30.4. The number of hydrogen-bond donors (Lipinski definition) is 14. The van der Waals surface area contributed by atoms with Crippen molar-refractivity contribution in [1.82, 2.24) is 42.5 Å². The molecule has 16 N–H and O–H groups in total. The van der Waals surface area contributed by atoms with E-state index in [1.807, 2.05) is 0 Å². The number of carbonyl (C=O) groups excluding carboxylic acids is 9. The van der Waals surface area contributed by atoms with E-state index in [1.54, 1.807) is 27.7 Å². The fourth-order valence-electron chi connectivity index (χ4n) is 6.13. The summed E-state index contributed by atoms with van der Waals surface area (Å²) >= 11 is 0. The van der Waals surface area contributed by atoms with Crippen LogP contribution in [0, 0.1) is 17.8 Å². The highest BCUT2D eigenvalue weighted by Crippen LogP contribution is 2.11. The van der Waals surface area contributed by atoms with Gasteiger partial charge >= 0.3 is 23.9 Å². The lowest BCUT2D eigenvalue weighted by molar-refractivity contribution is -0.143. The van der Waals surface area contributed by atoms with E-state index in [0.717, 1.165) is 0 Å². The molecule has 0 bridgehead atoms. The Hall–Kier alpha value is -6.93. The van der Waals surface area contributed by atoms with E-state index >= 15 is 0 Å². The second-order valence-corrected chi connectivity index (χ2v) is 17.2. The van der Waals surface area contributed by atoms with Crippen molar-refractivity contribution >= 4 is 77.0 Å². The van der Waals surface area contributed by atoms with Gasteiger partial charge in [-0.3, -0.25) is 57.5 Å². The maximum absolute atomic E-state index is 13.8. The van der Waals surface area contributed by atoms with Crippen LogP contribution >= 0.6 is 0 Å². The third-order valence-corrected chi connectivity index (χ3v) is 9.70. The van der Waals surface area contributed by atoms with Gasteiger partial charge in [-0.2, -0.15) is 0 Å². The molecule has 0 aromatic heterocycles. The Labute approximate surface area is 392 Å². The van der Waals surface area contributed by atoms with E-state index in [-0.39, 0.29) is 24.7 Å². The summed E-state index contributed by atoms with van der Waals surface area (Å²) in [6, 6.07) is -12.0. The largest absolute Gasteiger partial charge is 0.481 e. The number of carboxylic acids is 4. The summed E-state index contributed by atoms with van der Waals surface area (Å²) in [5.74, 6) is -15.6. The third-order valence-electron chi connectivity index (χ3n) is 9.70. The molecular weight excluding hydrogens is 905 g/mol. The molecule has 68 heavy (non-hydrogen) atoms. The number of nitrogens with two attached hydrogens (primary N) is 2. The van der Waals surface area contributed by atoms with Crippen LogP contribution in [-0.4, -0.2) is 152 Å². The summed E-state index contributed by atoms with van der Waals surface area (Å²) in [4.78, 5) is 163. The number of hydrogen-bond acceptors (Lipinski definition) is 14. The molecule has 0 saturated heterocycles. The Balaban J connectivity index is 6.42. The molecule has 0 spiro atoms. The van der Waals surface area contributed by atoms with Crippen molar-refractivity contribution in [2.24, 2.45) is 29.2 Å². The highest BCUT2D eigenvalue weighted by atomic mass is 16.4. The average molecular weight is 973 g/mol. The van der Waals surface area contributed by atoms with Crippen LogP contribution in [0.25, 0.3) is 0 Å². The first-order valence-electron chi connectivity index (χ1n) is 21.8. The molecule has 0 rings (SSSR count). The molecule has 0 heterocycles. The van der Waals surface area contributed by atoms with Crippen molar-refractivity contribution in [2.45, 2.75) is 155 Å². The summed E-state index contributed by atoms with van der Waals surface area (Å²) in [7, 11) is 0. The Morgan fingerprint density at radius 1 is 0.456 bits per heavy atom. The lowest BCUT2D eigenvalue weighted by Crippen LogP contribution is -2.60. The monoisotopic (exact) mass is 972 g/mol. The van der Waals surface area contributed by atoms with Gasteiger partial charge in [0.1, 0.15) is 42.3 Å². The van der Waals surface area contributed by atoms with Gasteiger partial charge in [-0.25, -0.2) is 4.79 Å². The molecule has 0 saturated carbocycles. The van der Waals surface area contributed by atoms with Gasteiger partial charge in [0.25, 0.3) is 0 Å². The average Bonchev–Trinajstić information content (AvgIpc) is 3.21. The quantitative estimate of drug-likeness (QED) is 0.0299. The molecule has 9 amide bonds. The van der Waals surface area contributed by atoms with Crippen molar-refractivity contribution in [3.8, 4) is 0 Å². The van der Waals surface area contributed by atoms with Crippen LogP contribution in [-0.2, 0) is 62.3 Å². The van der Waals surface area contributed by atoms with E-state index < -0.39 is 183 Å². The Kier molecular flexibility index (Phi) is 27.3. The first kappa shape index (κ1) is 61.1. The topological polar surface area (TPSA) is 451 Å². The molecule has 0 aliphatic carbocycles. The lowest BCUT2D eigenvalue weighted by Gasteiger charge is -2.27. The minimum Gasteiger partial charge on any atom is -0.481 e. The fraction of sp³-hybridized carbons (Fsp3) is 0.683. The third kappa shape index (κ3) is 25.1. The molecule has 0 unspecified atom stereocenters. The van der Waals surface area contributed by atoms with Gasteiger partial charge in [-0.15, -0.1) is 0 Å². The lowest BCUT2D eigenvalue weighted by atomic mass is 10.0. The maximum Gasteiger partial charge on any atom is 0.326 e. The summed E-state index contributed by atoms with van der Waals surface area (Å²) in [5, 5.41) is 56.0. The highest BCUT2D eigenvalue weighted by molar-refractivity contribution is 5.98. The Bertz CT molecular complexity index is 1840. The van der Waals surface area contributed by atoms with Crippen molar-refractivity contribution < 1.29 is 82.8 Å². The Morgan fingerprint density at radius 2 is 0.809 bits per heavy atom. The minimum absolute atomic E-state index is 0.0512. The Morgan fingerprint density at radius 3 is 1.18 bits per heavy atom. The number of carbonyl (C=O) groups is 13. The second-order valence-electron chi connectivity index (χ2n) is 17.2. The SMILES string of the molecule is CC(C)C[C@H](NC(=O)[C@H](CCC(=O)O)NC(=O)[C@H](CCC(=O)O)NC(=O)[C@H](C)NC(=O)[C@H](CC(C)C)NC(=O)[C@@H](N)CC(N)=O)C(=O)N[C@@H](CCC(=O)O)C(=O)NCC(=O)N[C@H](C(=O)O)C(C)C. The summed E-state index contributed by atoms with van der Waals surface area (Å²) in [6.45, 7) is 10.2. The number of nitrogens with one attached hydrogen (secondary N) is 8. The van der Waals surface area contributed by atoms with Crippen molar-refractivity contribution in [3.63, 3.8) is 0 Å². The zero-order valence-electron chi connectivity index (χ0n) is 39.2. The van der Waals surface area contributed by atoms with Gasteiger partial charge in [0, 0.05) is 19.3 Å². The number of amides is 9. The van der Waals surface area contributed by atoms with Crippen molar-refractivity contribution in [1.29, 1.82) is 0 Å². The summed E-state index contributed by atoms with van der Waals surface area (Å²) in [6.07, 6.45) is -4.39. The predicted octanol–water partition coefficient (Wildman–Crippen LogP) is -3.85. The number of rotatable bonds is 33.